The van der Waals surface area contributed by atoms with E-state index in [9.17, 15) is 20.0 Å². The summed E-state index contributed by atoms with van der Waals surface area (Å²) in [5.74, 6) is -0.283. The maximum absolute atomic E-state index is 12.6. The van der Waals surface area contributed by atoms with E-state index in [1.54, 1.807) is 41.3 Å². The second-order valence-corrected chi connectivity index (χ2v) is 7.12. The molecule has 2 amide bonds. The molecule has 148 valence electrons. The SMILES string of the molecule is O=C(NCCC1([NH+]([O-])O)CCN(C(=O)c2ccccc2)CC1)c1ccccc1. The minimum Gasteiger partial charge on any atom is -0.600 e. The molecule has 1 fully saturated rings. The van der Waals surface area contributed by atoms with Crippen LogP contribution in [0.3, 0.4) is 0 Å². The Morgan fingerprint density at radius 2 is 1.54 bits per heavy atom. The van der Waals surface area contributed by atoms with Crippen LogP contribution in [0.4, 0.5) is 0 Å². The Kier molecular flexibility index (Phi) is 6.41. The number of quaternary nitrogens is 1. The lowest BCUT2D eigenvalue weighted by Gasteiger charge is -2.44. The molecule has 0 saturated carbocycles. The van der Waals surface area contributed by atoms with Crippen molar-refractivity contribution in [3.8, 4) is 0 Å². The molecule has 0 bridgehead atoms. The summed E-state index contributed by atoms with van der Waals surface area (Å²) in [6.07, 6.45) is 1.10. The van der Waals surface area contributed by atoms with Gasteiger partial charge in [-0.05, 0) is 24.3 Å². The number of likely N-dealkylation sites (tertiary alicyclic amines) is 1. The largest absolute Gasteiger partial charge is 0.600 e. The van der Waals surface area contributed by atoms with Gasteiger partial charge >= 0.3 is 0 Å². The van der Waals surface area contributed by atoms with E-state index in [0.717, 1.165) is 0 Å². The third-order valence-corrected chi connectivity index (χ3v) is 5.41. The zero-order chi connectivity index (χ0) is 20.0. The molecule has 2 aromatic carbocycles. The smallest absolute Gasteiger partial charge is 0.253 e. The Balaban J connectivity index is 1.55. The number of carbonyl (C=O) groups is 2. The molecule has 28 heavy (non-hydrogen) atoms. The molecule has 7 nitrogen and oxygen atoms in total. The van der Waals surface area contributed by atoms with E-state index in [1.807, 2.05) is 24.3 Å². The van der Waals surface area contributed by atoms with E-state index in [2.05, 4.69) is 5.32 Å². The van der Waals surface area contributed by atoms with Crippen LogP contribution in [0.25, 0.3) is 0 Å². The first-order valence-electron chi connectivity index (χ1n) is 9.43. The standard InChI is InChI=1S/C21H25N3O4/c25-19(17-7-3-1-4-8-17)22-14-11-21(24(27)28)12-15-23(16-13-21)20(26)18-9-5-2-6-10-18/h1-10,24,27H,11-16H2,(H,22,25). The summed E-state index contributed by atoms with van der Waals surface area (Å²) < 4.78 is 0. The van der Waals surface area contributed by atoms with Gasteiger partial charge in [0.25, 0.3) is 11.8 Å². The van der Waals surface area contributed by atoms with Gasteiger partial charge in [0.05, 0.1) is 0 Å². The molecule has 0 aliphatic carbocycles. The van der Waals surface area contributed by atoms with E-state index in [4.69, 9.17) is 0 Å². The van der Waals surface area contributed by atoms with Gasteiger partial charge in [-0.25, -0.2) is 10.4 Å². The van der Waals surface area contributed by atoms with Gasteiger partial charge in [-0.2, -0.15) is 0 Å². The number of nitrogens with one attached hydrogen (secondary N) is 2. The maximum Gasteiger partial charge on any atom is 0.253 e. The third-order valence-electron chi connectivity index (χ3n) is 5.41. The van der Waals surface area contributed by atoms with Crippen molar-refractivity contribution in [1.29, 1.82) is 0 Å². The zero-order valence-electron chi connectivity index (χ0n) is 15.6. The van der Waals surface area contributed by atoms with Crippen LogP contribution < -0.4 is 10.5 Å². The molecule has 3 rings (SSSR count). The number of rotatable bonds is 6. The van der Waals surface area contributed by atoms with Crippen LogP contribution in [0.15, 0.2) is 60.7 Å². The Morgan fingerprint density at radius 1 is 1.00 bits per heavy atom. The Labute approximate surface area is 164 Å². The molecule has 1 heterocycles. The van der Waals surface area contributed by atoms with Crippen molar-refractivity contribution in [2.45, 2.75) is 24.8 Å². The second kappa shape index (κ2) is 8.97. The fraction of sp³-hybridized carbons (Fsp3) is 0.333. The molecule has 0 spiro atoms. The number of amides is 2. The van der Waals surface area contributed by atoms with E-state index >= 15 is 0 Å². The number of benzene rings is 2. The normalized spacial score (nSPS) is 17.0. The molecular formula is C21H25N3O4. The molecule has 3 N–H and O–H groups in total. The van der Waals surface area contributed by atoms with Crippen LogP contribution >= 0.6 is 0 Å². The number of nitrogens with zero attached hydrogens (tertiary/aromatic N) is 1. The summed E-state index contributed by atoms with van der Waals surface area (Å²) in [4.78, 5) is 26.4. The molecule has 2 aromatic rings. The second-order valence-electron chi connectivity index (χ2n) is 7.12. The summed E-state index contributed by atoms with van der Waals surface area (Å²) in [5, 5.41) is 23.7. The summed E-state index contributed by atoms with van der Waals surface area (Å²) in [6, 6.07) is 17.8. The highest BCUT2D eigenvalue weighted by Gasteiger charge is 2.41. The topological polar surface area (TPSA) is 97.1 Å². The molecule has 7 heteroatoms. The van der Waals surface area contributed by atoms with Gasteiger partial charge in [0.15, 0.2) is 0 Å². The first-order chi connectivity index (χ1) is 13.5. The first kappa shape index (κ1) is 20.0. The summed E-state index contributed by atoms with van der Waals surface area (Å²) in [7, 11) is 0. The van der Waals surface area contributed by atoms with Gasteiger partial charge in [0, 0.05) is 50.0 Å². The lowest BCUT2D eigenvalue weighted by Crippen LogP contribution is -3.14. The number of piperidine rings is 1. The van der Waals surface area contributed by atoms with Crippen LogP contribution in [-0.4, -0.2) is 47.1 Å². The number of hydrogen-bond acceptors (Lipinski definition) is 4. The van der Waals surface area contributed by atoms with Crippen molar-refractivity contribution in [1.82, 2.24) is 10.2 Å². The maximum atomic E-state index is 12.6. The summed E-state index contributed by atoms with van der Waals surface area (Å²) >= 11 is 0. The van der Waals surface area contributed by atoms with Crippen LogP contribution in [0.5, 0.6) is 0 Å². The molecule has 0 radical (unpaired) electrons. The minimum absolute atomic E-state index is 0.0723. The Morgan fingerprint density at radius 3 is 2.07 bits per heavy atom. The zero-order valence-corrected chi connectivity index (χ0v) is 15.6. The van der Waals surface area contributed by atoms with Gasteiger partial charge in [-0.3, -0.25) is 9.59 Å². The predicted octanol–water partition coefficient (Wildman–Crippen LogP) is 1.25. The molecule has 1 saturated heterocycles. The van der Waals surface area contributed by atoms with Gasteiger partial charge in [-0.1, -0.05) is 36.4 Å². The Bertz CT molecular complexity index is 782. The highest BCUT2D eigenvalue weighted by atomic mass is 16.8. The van der Waals surface area contributed by atoms with Crippen LogP contribution in [0, 0.1) is 5.21 Å². The molecule has 1 aliphatic rings. The molecule has 1 aliphatic heterocycles. The van der Waals surface area contributed by atoms with Crippen LogP contribution in [-0.2, 0) is 0 Å². The summed E-state index contributed by atoms with van der Waals surface area (Å²) in [5.41, 5.74) is 0.243. The average Bonchev–Trinajstić information content (AvgIpc) is 2.74. The first-order valence-corrected chi connectivity index (χ1v) is 9.43. The quantitative estimate of drug-likeness (QED) is 0.654. The molecule has 0 aromatic heterocycles. The van der Waals surface area contributed by atoms with Crippen molar-refractivity contribution in [3.05, 3.63) is 77.0 Å². The van der Waals surface area contributed by atoms with Crippen LogP contribution in [0.2, 0.25) is 0 Å². The number of hydroxylamine groups is 2. The lowest BCUT2D eigenvalue weighted by atomic mass is 9.84. The third kappa shape index (κ3) is 4.56. The van der Waals surface area contributed by atoms with Crippen LogP contribution in [0.1, 0.15) is 40.0 Å². The molecule has 1 unspecified atom stereocenters. The molecular weight excluding hydrogens is 358 g/mol. The van der Waals surface area contributed by atoms with Crippen molar-refractivity contribution < 1.29 is 20.0 Å². The minimum atomic E-state index is -0.919. The van der Waals surface area contributed by atoms with Crippen molar-refractivity contribution in [2.24, 2.45) is 0 Å². The van der Waals surface area contributed by atoms with Crippen molar-refractivity contribution in [3.63, 3.8) is 0 Å². The van der Waals surface area contributed by atoms with Gasteiger partial charge < -0.3 is 15.4 Å². The lowest BCUT2D eigenvalue weighted by molar-refractivity contribution is -1.09. The number of carbonyl (C=O) groups excluding carboxylic acids is 2. The predicted molar refractivity (Wildman–Crippen MR) is 104 cm³/mol. The average molecular weight is 383 g/mol. The van der Waals surface area contributed by atoms with E-state index in [1.165, 1.54) is 0 Å². The highest BCUT2D eigenvalue weighted by molar-refractivity contribution is 5.94. The number of hydrogen-bond donors (Lipinski definition) is 3. The highest BCUT2D eigenvalue weighted by Crippen LogP contribution is 2.24. The monoisotopic (exact) mass is 383 g/mol. The fourth-order valence-corrected chi connectivity index (χ4v) is 3.58. The van der Waals surface area contributed by atoms with Crippen molar-refractivity contribution >= 4 is 11.8 Å². The Hall–Kier alpha value is -2.74. The molecule has 1 atom stereocenters. The van der Waals surface area contributed by atoms with E-state index in [0.29, 0.717) is 43.5 Å². The summed E-state index contributed by atoms with van der Waals surface area (Å²) in [6.45, 7) is 1.08. The van der Waals surface area contributed by atoms with Crippen molar-refractivity contribution in [2.75, 3.05) is 19.6 Å². The fourth-order valence-electron chi connectivity index (χ4n) is 3.58. The van der Waals surface area contributed by atoms with E-state index < -0.39 is 10.8 Å². The van der Waals surface area contributed by atoms with Gasteiger partial charge in [0.2, 0.25) is 0 Å². The van der Waals surface area contributed by atoms with E-state index in [-0.39, 0.29) is 18.4 Å². The van der Waals surface area contributed by atoms with Gasteiger partial charge in [-0.15, -0.1) is 0 Å². The van der Waals surface area contributed by atoms with Gasteiger partial charge in [0.1, 0.15) is 5.54 Å².